The van der Waals surface area contributed by atoms with Gasteiger partial charge in [0.2, 0.25) is 0 Å². The first-order valence-electron chi connectivity index (χ1n) is 7.88. The molecule has 1 aromatic heterocycles. The molecule has 3 aromatic rings. The fraction of sp³-hybridized carbons (Fsp3) is 0.0500. The smallest absolute Gasteiger partial charge is 0.151 e. The number of aromatic nitrogens is 1. The molecule has 0 fully saturated rings. The number of halogens is 1. The van der Waals surface area contributed by atoms with E-state index in [9.17, 15) is 10.5 Å². The zero-order chi connectivity index (χ0) is 19.4. The van der Waals surface area contributed by atoms with Gasteiger partial charge in [0.05, 0.1) is 7.11 Å². The molecule has 0 bridgehead atoms. The number of hydrogen-bond acceptors (Lipinski definition) is 6. The molecule has 0 atom stereocenters. The maximum atomic E-state index is 9.77. The summed E-state index contributed by atoms with van der Waals surface area (Å²) in [5.74, 6) is 0.971. The summed E-state index contributed by atoms with van der Waals surface area (Å²) in [5, 5.41) is 23.0. The van der Waals surface area contributed by atoms with Gasteiger partial charge in [-0.05, 0) is 42.0 Å². The Morgan fingerprint density at radius 3 is 2.19 bits per heavy atom. The molecular formula is C20H14ClN5O. The number of pyridine rings is 1. The summed E-state index contributed by atoms with van der Waals surface area (Å²) in [4.78, 5) is 4.22. The highest BCUT2D eigenvalue weighted by molar-refractivity contribution is 6.30. The van der Waals surface area contributed by atoms with Crippen LogP contribution in [0, 0.1) is 22.7 Å². The fourth-order valence-corrected chi connectivity index (χ4v) is 2.76. The van der Waals surface area contributed by atoms with E-state index in [0.717, 1.165) is 0 Å². The average molecular weight is 376 g/mol. The predicted octanol–water partition coefficient (Wildman–Crippen LogP) is 4.48. The number of nitriles is 2. The van der Waals surface area contributed by atoms with Crippen molar-refractivity contribution in [3.05, 3.63) is 64.7 Å². The number of nitrogen functional groups attached to an aromatic ring is 1. The number of ether oxygens (including phenoxy) is 1. The van der Waals surface area contributed by atoms with E-state index >= 15 is 0 Å². The van der Waals surface area contributed by atoms with Crippen LogP contribution in [0.5, 0.6) is 5.75 Å². The number of nitrogens with one attached hydrogen (secondary N) is 1. The van der Waals surface area contributed by atoms with E-state index in [4.69, 9.17) is 22.1 Å². The molecule has 132 valence electrons. The molecular weight excluding hydrogens is 362 g/mol. The fourth-order valence-electron chi connectivity index (χ4n) is 2.63. The van der Waals surface area contributed by atoms with Crippen LogP contribution in [-0.2, 0) is 0 Å². The maximum absolute atomic E-state index is 9.77. The van der Waals surface area contributed by atoms with Crippen molar-refractivity contribution in [2.24, 2.45) is 0 Å². The first-order chi connectivity index (χ1) is 13.1. The Balaban J connectivity index is 2.18. The molecule has 3 N–H and O–H groups in total. The van der Waals surface area contributed by atoms with E-state index in [2.05, 4.69) is 16.4 Å². The molecule has 0 amide bonds. The monoisotopic (exact) mass is 375 g/mol. The summed E-state index contributed by atoms with van der Waals surface area (Å²) in [7, 11) is 1.56. The molecule has 27 heavy (non-hydrogen) atoms. The van der Waals surface area contributed by atoms with E-state index in [0.29, 0.717) is 27.6 Å². The van der Waals surface area contributed by atoms with Crippen molar-refractivity contribution >= 4 is 28.9 Å². The molecule has 6 nitrogen and oxygen atoms in total. The number of hydrogen-bond donors (Lipinski definition) is 2. The lowest BCUT2D eigenvalue weighted by atomic mass is 9.96. The zero-order valence-electron chi connectivity index (χ0n) is 14.3. The number of anilines is 3. The first kappa shape index (κ1) is 18.1. The van der Waals surface area contributed by atoms with E-state index in [1.54, 1.807) is 55.6 Å². The van der Waals surface area contributed by atoms with Gasteiger partial charge < -0.3 is 15.8 Å². The summed E-state index contributed by atoms with van der Waals surface area (Å²) >= 11 is 5.91. The molecule has 1 heterocycles. The van der Waals surface area contributed by atoms with E-state index < -0.39 is 0 Å². The van der Waals surface area contributed by atoms with Gasteiger partial charge in [-0.3, -0.25) is 0 Å². The minimum atomic E-state index is 0.0405. The highest BCUT2D eigenvalue weighted by atomic mass is 35.5. The van der Waals surface area contributed by atoms with Crippen molar-refractivity contribution in [3.63, 3.8) is 0 Å². The van der Waals surface area contributed by atoms with Crippen LogP contribution in [0.15, 0.2) is 48.5 Å². The highest BCUT2D eigenvalue weighted by Crippen LogP contribution is 2.35. The van der Waals surface area contributed by atoms with E-state index in [1.165, 1.54) is 0 Å². The molecule has 7 heteroatoms. The molecule has 0 saturated heterocycles. The highest BCUT2D eigenvalue weighted by Gasteiger charge is 2.20. The average Bonchev–Trinajstić information content (AvgIpc) is 2.69. The molecule has 0 saturated carbocycles. The number of nitrogens with two attached hydrogens (primary N) is 1. The Morgan fingerprint density at radius 2 is 1.63 bits per heavy atom. The summed E-state index contributed by atoms with van der Waals surface area (Å²) in [6.07, 6.45) is 0. The Bertz CT molecular complexity index is 1060. The lowest BCUT2D eigenvalue weighted by molar-refractivity contribution is 0.415. The molecule has 3 rings (SSSR count). The zero-order valence-corrected chi connectivity index (χ0v) is 15.1. The van der Waals surface area contributed by atoms with Crippen molar-refractivity contribution in [2.75, 3.05) is 18.2 Å². The Morgan fingerprint density at radius 1 is 1.00 bits per heavy atom. The standard InChI is InChI=1S/C20H14ClN5O/c1-27-15-8-2-12(3-9-15)18-16(10-22)19(24)26-20(17(18)11-23)25-14-6-4-13(21)5-7-14/h2-9H,1H3,(H3,24,25,26). The van der Waals surface area contributed by atoms with E-state index in [1.807, 2.05) is 6.07 Å². The van der Waals surface area contributed by atoms with Gasteiger partial charge in [0.25, 0.3) is 0 Å². The van der Waals surface area contributed by atoms with Crippen LogP contribution < -0.4 is 15.8 Å². The minimum absolute atomic E-state index is 0.0405. The van der Waals surface area contributed by atoms with Crippen LogP contribution in [0.4, 0.5) is 17.3 Å². The third kappa shape index (κ3) is 3.62. The maximum Gasteiger partial charge on any atom is 0.151 e. The third-order valence-corrected chi connectivity index (χ3v) is 4.19. The topological polar surface area (TPSA) is 108 Å². The molecule has 0 radical (unpaired) electrons. The molecule has 0 aliphatic heterocycles. The molecule has 0 aliphatic carbocycles. The van der Waals surface area contributed by atoms with Crippen molar-refractivity contribution in [1.82, 2.24) is 4.98 Å². The lowest BCUT2D eigenvalue weighted by Crippen LogP contribution is -2.06. The van der Waals surface area contributed by atoms with Gasteiger partial charge in [-0.15, -0.1) is 0 Å². The second kappa shape index (κ2) is 7.65. The number of methoxy groups -OCH3 is 1. The normalized spacial score (nSPS) is 9.93. The third-order valence-electron chi connectivity index (χ3n) is 3.93. The molecule has 2 aromatic carbocycles. The summed E-state index contributed by atoms with van der Waals surface area (Å²) < 4.78 is 5.16. The van der Waals surface area contributed by atoms with Gasteiger partial charge in [0.15, 0.2) is 5.82 Å². The largest absolute Gasteiger partial charge is 0.497 e. The van der Waals surface area contributed by atoms with Crippen LogP contribution in [0.1, 0.15) is 11.1 Å². The van der Waals surface area contributed by atoms with Crippen molar-refractivity contribution in [3.8, 4) is 29.0 Å². The van der Waals surface area contributed by atoms with Crippen LogP contribution >= 0.6 is 11.6 Å². The Labute approximate surface area is 161 Å². The minimum Gasteiger partial charge on any atom is -0.497 e. The molecule has 0 unspecified atom stereocenters. The number of benzene rings is 2. The van der Waals surface area contributed by atoms with Gasteiger partial charge in [-0.2, -0.15) is 10.5 Å². The number of nitrogens with zero attached hydrogens (tertiary/aromatic N) is 3. The Kier molecular flexibility index (Phi) is 5.12. The summed E-state index contributed by atoms with van der Waals surface area (Å²) in [6.45, 7) is 0. The predicted molar refractivity (Wildman–Crippen MR) is 105 cm³/mol. The van der Waals surface area contributed by atoms with Crippen molar-refractivity contribution in [1.29, 1.82) is 10.5 Å². The van der Waals surface area contributed by atoms with Crippen LogP contribution in [0.2, 0.25) is 5.02 Å². The van der Waals surface area contributed by atoms with Crippen molar-refractivity contribution < 1.29 is 4.74 Å². The lowest BCUT2D eigenvalue weighted by Gasteiger charge is -2.15. The van der Waals surface area contributed by atoms with Gasteiger partial charge in [-0.25, -0.2) is 4.98 Å². The number of rotatable bonds is 4. The van der Waals surface area contributed by atoms with Crippen LogP contribution in [0.3, 0.4) is 0 Å². The van der Waals surface area contributed by atoms with Gasteiger partial charge >= 0.3 is 0 Å². The van der Waals surface area contributed by atoms with Gasteiger partial charge in [0, 0.05) is 16.3 Å². The van der Waals surface area contributed by atoms with Crippen LogP contribution in [0.25, 0.3) is 11.1 Å². The van der Waals surface area contributed by atoms with Gasteiger partial charge in [0.1, 0.15) is 34.8 Å². The van der Waals surface area contributed by atoms with Gasteiger partial charge in [-0.1, -0.05) is 23.7 Å². The Hall–Kier alpha value is -3.74. The second-order valence-corrected chi connectivity index (χ2v) is 5.99. The second-order valence-electron chi connectivity index (χ2n) is 5.55. The SMILES string of the molecule is COc1ccc(-c2c(C#N)c(N)nc(Nc3ccc(Cl)cc3)c2C#N)cc1. The molecule has 0 aliphatic rings. The quantitative estimate of drug-likeness (QED) is 0.696. The van der Waals surface area contributed by atoms with E-state index in [-0.39, 0.29) is 22.8 Å². The van der Waals surface area contributed by atoms with Crippen LogP contribution in [-0.4, -0.2) is 12.1 Å². The first-order valence-corrected chi connectivity index (χ1v) is 8.26. The van der Waals surface area contributed by atoms with Crippen molar-refractivity contribution in [2.45, 2.75) is 0 Å². The summed E-state index contributed by atoms with van der Waals surface area (Å²) in [6, 6.07) is 18.2. The summed E-state index contributed by atoms with van der Waals surface area (Å²) in [5.41, 5.74) is 8.15. The molecule has 0 spiro atoms.